The van der Waals surface area contributed by atoms with E-state index in [1.54, 1.807) is 19.9 Å². The van der Waals surface area contributed by atoms with Crippen LogP contribution in [0.25, 0.3) is 11.4 Å². The SMILES string of the molecule is COC(C)(C)C(=O)Nc1ccc(-c2nnnn2C(C)C)c(F)c1. The fraction of sp³-hybridized carbons (Fsp3) is 0.467. The first-order valence-electron chi connectivity index (χ1n) is 7.20. The van der Waals surface area contributed by atoms with Crippen molar-refractivity contribution in [3.8, 4) is 11.4 Å². The Balaban J connectivity index is 2.28. The van der Waals surface area contributed by atoms with E-state index in [2.05, 4.69) is 20.8 Å². The molecule has 124 valence electrons. The van der Waals surface area contributed by atoms with Gasteiger partial charge in [0, 0.05) is 12.8 Å². The molecule has 0 aliphatic carbocycles. The Bertz CT molecular complexity index is 712. The van der Waals surface area contributed by atoms with Crippen molar-refractivity contribution in [2.24, 2.45) is 0 Å². The lowest BCUT2D eigenvalue weighted by atomic mass is 10.1. The molecule has 0 spiro atoms. The summed E-state index contributed by atoms with van der Waals surface area (Å²) in [6.45, 7) is 7.06. The smallest absolute Gasteiger partial charge is 0.256 e. The summed E-state index contributed by atoms with van der Waals surface area (Å²) in [5.74, 6) is -0.540. The summed E-state index contributed by atoms with van der Waals surface area (Å²) in [5, 5.41) is 13.9. The lowest BCUT2D eigenvalue weighted by Gasteiger charge is -2.21. The Morgan fingerprint density at radius 3 is 2.65 bits per heavy atom. The van der Waals surface area contributed by atoms with Crippen LogP contribution in [0, 0.1) is 5.82 Å². The molecule has 0 saturated heterocycles. The third-order valence-corrected chi connectivity index (χ3v) is 3.51. The Labute approximate surface area is 133 Å². The third kappa shape index (κ3) is 3.53. The molecule has 2 aromatic rings. The maximum absolute atomic E-state index is 14.4. The zero-order chi connectivity index (χ0) is 17.2. The van der Waals surface area contributed by atoms with Crippen LogP contribution in [0.1, 0.15) is 33.7 Å². The van der Waals surface area contributed by atoms with E-state index < -0.39 is 11.4 Å². The molecule has 0 aliphatic heterocycles. The molecule has 7 nitrogen and oxygen atoms in total. The van der Waals surface area contributed by atoms with Crippen LogP contribution in [0.2, 0.25) is 0 Å². The van der Waals surface area contributed by atoms with Crippen molar-refractivity contribution in [1.82, 2.24) is 20.2 Å². The summed E-state index contributed by atoms with van der Waals surface area (Å²) in [5.41, 5.74) is -0.394. The molecule has 1 N–H and O–H groups in total. The van der Waals surface area contributed by atoms with E-state index in [1.807, 2.05) is 13.8 Å². The fourth-order valence-corrected chi connectivity index (χ4v) is 1.87. The van der Waals surface area contributed by atoms with E-state index in [0.717, 1.165) is 0 Å². The summed E-state index contributed by atoms with van der Waals surface area (Å²) in [6.07, 6.45) is 0. The van der Waals surface area contributed by atoms with Gasteiger partial charge in [-0.15, -0.1) is 5.10 Å². The van der Waals surface area contributed by atoms with Crippen LogP contribution in [0.3, 0.4) is 0 Å². The van der Waals surface area contributed by atoms with Crippen LogP contribution in [0.4, 0.5) is 10.1 Å². The van der Waals surface area contributed by atoms with Crippen molar-refractivity contribution in [3.05, 3.63) is 24.0 Å². The molecule has 1 amide bonds. The lowest BCUT2D eigenvalue weighted by molar-refractivity contribution is -0.133. The van der Waals surface area contributed by atoms with Gasteiger partial charge in [0.25, 0.3) is 5.91 Å². The van der Waals surface area contributed by atoms with Crippen molar-refractivity contribution in [1.29, 1.82) is 0 Å². The summed E-state index contributed by atoms with van der Waals surface area (Å²) in [4.78, 5) is 12.0. The number of tetrazole rings is 1. The number of carbonyl (C=O) groups is 1. The Morgan fingerprint density at radius 1 is 1.39 bits per heavy atom. The van der Waals surface area contributed by atoms with Gasteiger partial charge in [0.15, 0.2) is 5.82 Å². The highest BCUT2D eigenvalue weighted by molar-refractivity contribution is 5.96. The molecular formula is C15H20FN5O2. The van der Waals surface area contributed by atoms with E-state index >= 15 is 0 Å². The molecule has 0 aliphatic rings. The lowest BCUT2D eigenvalue weighted by Crippen LogP contribution is -2.38. The minimum Gasteiger partial charge on any atom is -0.369 e. The number of halogens is 1. The van der Waals surface area contributed by atoms with Gasteiger partial charge in [-0.3, -0.25) is 4.79 Å². The quantitative estimate of drug-likeness (QED) is 0.914. The fourth-order valence-electron chi connectivity index (χ4n) is 1.87. The maximum atomic E-state index is 14.4. The number of rotatable bonds is 5. The minimum absolute atomic E-state index is 0.00119. The van der Waals surface area contributed by atoms with Gasteiger partial charge < -0.3 is 10.1 Å². The number of hydrogen-bond donors (Lipinski definition) is 1. The Kier molecular flexibility index (Phi) is 4.74. The second kappa shape index (κ2) is 6.41. The maximum Gasteiger partial charge on any atom is 0.256 e. The number of carbonyl (C=O) groups excluding carboxylic acids is 1. The molecule has 0 saturated carbocycles. The van der Waals surface area contributed by atoms with Crippen molar-refractivity contribution < 1.29 is 13.9 Å². The average molecular weight is 321 g/mol. The van der Waals surface area contributed by atoms with E-state index in [4.69, 9.17) is 4.74 Å². The first kappa shape index (κ1) is 17.0. The highest BCUT2D eigenvalue weighted by atomic mass is 19.1. The molecule has 0 bridgehead atoms. The molecule has 0 atom stereocenters. The van der Waals surface area contributed by atoms with Crippen molar-refractivity contribution in [2.75, 3.05) is 12.4 Å². The number of methoxy groups -OCH3 is 1. The number of aromatic nitrogens is 4. The Morgan fingerprint density at radius 2 is 2.09 bits per heavy atom. The largest absolute Gasteiger partial charge is 0.369 e. The van der Waals surface area contributed by atoms with Gasteiger partial charge in [0.2, 0.25) is 0 Å². The van der Waals surface area contributed by atoms with Crippen molar-refractivity contribution in [2.45, 2.75) is 39.3 Å². The molecule has 1 heterocycles. The Hall–Kier alpha value is -2.35. The van der Waals surface area contributed by atoms with Gasteiger partial charge in [-0.1, -0.05) is 0 Å². The standard InChI is InChI=1S/C15H20FN5O2/c1-9(2)21-13(18-19-20-21)11-7-6-10(8-12(11)16)17-14(22)15(3,4)23-5/h6-9H,1-5H3,(H,17,22). The molecular weight excluding hydrogens is 301 g/mol. The molecule has 1 aromatic heterocycles. The summed E-state index contributed by atoms with van der Waals surface area (Å²) in [6, 6.07) is 4.37. The number of ether oxygens (including phenoxy) is 1. The van der Waals surface area contributed by atoms with Crippen LogP contribution in [-0.4, -0.2) is 38.8 Å². The molecule has 0 fully saturated rings. The number of amides is 1. The molecule has 1 aromatic carbocycles. The summed E-state index contributed by atoms with van der Waals surface area (Å²) >= 11 is 0. The van der Waals surface area contributed by atoms with Gasteiger partial charge in [-0.2, -0.15) is 0 Å². The first-order chi connectivity index (χ1) is 10.8. The number of nitrogens with one attached hydrogen (secondary N) is 1. The van der Waals surface area contributed by atoms with Gasteiger partial charge in [0.1, 0.15) is 11.4 Å². The van der Waals surface area contributed by atoms with Crippen LogP contribution >= 0.6 is 0 Å². The molecule has 23 heavy (non-hydrogen) atoms. The van der Waals surface area contributed by atoms with Crippen LogP contribution in [0.15, 0.2) is 18.2 Å². The molecule has 8 heteroatoms. The zero-order valence-corrected chi connectivity index (χ0v) is 13.8. The number of benzene rings is 1. The molecule has 2 rings (SSSR count). The second-order valence-electron chi connectivity index (χ2n) is 5.90. The second-order valence-corrected chi connectivity index (χ2v) is 5.90. The topological polar surface area (TPSA) is 81.9 Å². The van der Waals surface area contributed by atoms with Gasteiger partial charge >= 0.3 is 0 Å². The van der Waals surface area contributed by atoms with E-state index in [9.17, 15) is 9.18 Å². The minimum atomic E-state index is -1.00. The van der Waals surface area contributed by atoms with E-state index in [1.165, 1.54) is 23.9 Å². The average Bonchev–Trinajstić information content (AvgIpc) is 2.96. The van der Waals surface area contributed by atoms with Crippen molar-refractivity contribution >= 4 is 11.6 Å². The predicted octanol–water partition coefficient (Wildman–Crippen LogP) is 2.42. The number of anilines is 1. The van der Waals surface area contributed by atoms with Gasteiger partial charge in [-0.05, 0) is 56.3 Å². The first-order valence-corrected chi connectivity index (χ1v) is 7.20. The van der Waals surface area contributed by atoms with Crippen LogP contribution < -0.4 is 5.32 Å². The number of nitrogens with zero attached hydrogens (tertiary/aromatic N) is 4. The van der Waals surface area contributed by atoms with Gasteiger partial charge in [-0.25, -0.2) is 9.07 Å². The van der Waals surface area contributed by atoms with Crippen molar-refractivity contribution in [3.63, 3.8) is 0 Å². The molecule has 0 unspecified atom stereocenters. The highest BCUT2D eigenvalue weighted by Crippen LogP contribution is 2.25. The van der Waals surface area contributed by atoms with E-state index in [-0.39, 0.29) is 17.5 Å². The van der Waals surface area contributed by atoms with Crippen LogP contribution in [0.5, 0.6) is 0 Å². The van der Waals surface area contributed by atoms with E-state index in [0.29, 0.717) is 11.5 Å². The normalized spacial score (nSPS) is 11.8. The summed E-state index contributed by atoms with van der Waals surface area (Å²) < 4.78 is 21.0. The van der Waals surface area contributed by atoms with Gasteiger partial charge in [0.05, 0.1) is 11.6 Å². The predicted molar refractivity (Wildman–Crippen MR) is 83.3 cm³/mol. The molecule has 0 radical (unpaired) electrons. The highest BCUT2D eigenvalue weighted by Gasteiger charge is 2.27. The monoisotopic (exact) mass is 321 g/mol. The van der Waals surface area contributed by atoms with Crippen LogP contribution in [-0.2, 0) is 9.53 Å². The third-order valence-electron chi connectivity index (χ3n) is 3.51. The number of hydrogen-bond acceptors (Lipinski definition) is 5. The summed E-state index contributed by atoms with van der Waals surface area (Å²) in [7, 11) is 1.44. The zero-order valence-electron chi connectivity index (χ0n) is 13.8.